The highest BCUT2D eigenvalue weighted by Gasteiger charge is 2.63. The molecular weight excluding hydrogens is 447 g/mol. The molecule has 1 aliphatic heterocycles. The minimum atomic E-state index is -4.68. The number of hydrogen-bond donors (Lipinski definition) is 1. The van der Waals surface area contributed by atoms with Gasteiger partial charge >= 0.3 is 12.1 Å². The van der Waals surface area contributed by atoms with Crippen LogP contribution in [-0.4, -0.2) is 41.1 Å². The number of carboxylic acid groups (broad SMARTS) is 1. The molecule has 8 heteroatoms. The first-order valence-corrected chi connectivity index (χ1v) is 12.5. The third-order valence-electron chi connectivity index (χ3n) is 9.77. The largest absolute Gasteiger partial charge is 0.492 e. The van der Waals surface area contributed by atoms with Crippen LogP contribution < -0.4 is 4.74 Å². The lowest BCUT2D eigenvalue weighted by molar-refractivity contribution is -0.142. The molecule has 1 N–H and O–H groups in total. The molecule has 0 aromatic heterocycles. The number of carboxylic acids is 1. The Bertz CT molecular complexity index is 1030. The normalized spacial score (nSPS) is 37.9. The summed E-state index contributed by atoms with van der Waals surface area (Å²) in [4.78, 5) is 25.5. The quantitative estimate of drug-likeness (QED) is 0.630. The maximum Gasteiger partial charge on any atom is 0.419 e. The predicted octanol–water partition coefficient (Wildman–Crippen LogP) is 5.24. The zero-order chi connectivity index (χ0) is 23.8. The maximum atomic E-state index is 14.0. The van der Waals surface area contributed by atoms with Crippen molar-refractivity contribution < 1.29 is 32.6 Å². The molecule has 1 aromatic rings. The van der Waals surface area contributed by atoms with E-state index in [0.29, 0.717) is 31.3 Å². The summed E-state index contributed by atoms with van der Waals surface area (Å²) in [6, 6.07) is 2.42. The number of aliphatic carboxylic acids is 1. The van der Waals surface area contributed by atoms with E-state index in [1.807, 2.05) is 0 Å². The van der Waals surface area contributed by atoms with Crippen molar-refractivity contribution in [3.63, 3.8) is 0 Å². The summed E-state index contributed by atoms with van der Waals surface area (Å²) in [6.45, 7) is 0.523. The number of halogens is 3. The van der Waals surface area contributed by atoms with Crippen LogP contribution in [0.3, 0.4) is 0 Å². The van der Waals surface area contributed by atoms with Crippen LogP contribution >= 0.6 is 0 Å². The second-order valence-corrected chi connectivity index (χ2v) is 11.4. The summed E-state index contributed by atoms with van der Waals surface area (Å²) in [6.07, 6.45) is 3.16. The number of likely N-dealkylation sites (tertiary alicyclic amines) is 1. The summed E-state index contributed by atoms with van der Waals surface area (Å²) in [5, 5.41) is 9.34. The second-order valence-electron chi connectivity index (χ2n) is 11.4. The first-order valence-electron chi connectivity index (χ1n) is 12.5. The van der Waals surface area contributed by atoms with Crippen LogP contribution in [0.1, 0.15) is 67.3 Å². The molecule has 1 aromatic carbocycles. The van der Waals surface area contributed by atoms with E-state index in [9.17, 15) is 27.9 Å². The lowest BCUT2D eigenvalue weighted by Crippen LogP contribution is -2.52. The molecule has 0 radical (unpaired) electrons. The Morgan fingerprint density at radius 2 is 1.97 bits per heavy atom. The second kappa shape index (κ2) is 7.62. The molecule has 5 nitrogen and oxygen atoms in total. The van der Waals surface area contributed by atoms with Crippen molar-refractivity contribution in [2.45, 2.75) is 63.6 Å². The van der Waals surface area contributed by atoms with E-state index in [4.69, 9.17) is 4.74 Å². The molecule has 34 heavy (non-hydrogen) atoms. The van der Waals surface area contributed by atoms with Crippen molar-refractivity contribution in [2.24, 2.45) is 35.0 Å². The molecule has 6 aliphatic rings. The fourth-order valence-electron chi connectivity index (χ4n) is 8.34. The maximum absolute atomic E-state index is 14.0. The van der Waals surface area contributed by atoms with Crippen molar-refractivity contribution in [1.29, 1.82) is 0 Å². The Morgan fingerprint density at radius 1 is 1.15 bits per heavy atom. The van der Waals surface area contributed by atoms with Crippen LogP contribution in [0.4, 0.5) is 13.2 Å². The molecule has 5 aliphatic carbocycles. The highest BCUT2D eigenvalue weighted by atomic mass is 19.4. The minimum Gasteiger partial charge on any atom is -0.492 e. The fraction of sp³-hybridized carbons (Fsp3) is 0.692. The molecule has 6 unspecified atom stereocenters. The van der Waals surface area contributed by atoms with E-state index in [1.165, 1.54) is 37.8 Å². The predicted molar refractivity (Wildman–Crippen MR) is 116 cm³/mol. The van der Waals surface area contributed by atoms with Crippen molar-refractivity contribution in [3.8, 4) is 5.75 Å². The first kappa shape index (κ1) is 22.2. The number of rotatable bonds is 5. The highest BCUT2D eigenvalue weighted by Crippen LogP contribution is 2.70. The standard InChI is InChI=1S/C26H30F3NO4/c27-26(28,29)20-11-15(23(31)30-7-1-2-21(30)24(32)33)3-4-22(20)34-13-25-6-5-17-16-8-14(12-25)9-19(25)18(17)10-16/h3-4,11,14,16-19,21H,1-2,5-10,12-13H2,(H,32,33)/t14?,16?,17?,18?,19?,21-,25?/m0/s1. The van der Waals surface area contributed by atoms with Gasteiger partial charge in [0.05, 0.1) is 12.2 Å². The number of hydrogen-bond acceptors (Lipinski definition) is 3. The van der Waals surface area contributed by atoms with Crippen LogP contribution in [0, 0.1) is 35.0 Å². The Kier molecular flexibility index (Phi) is 4.98. The van der Waals surface area contributed by atoms with Gasteiger partial charge in [-0.25, -0.2) is 4.79 Å². The molecule has 7 rings (SSSR count). The third kappa shape index (κ3) is 3.34. The van der Waals surface area contributed by atoms with Crippen LogP contribution in [-0.2, 0) is 11.0 Å². The molecule has 5 saturated carbocycles. The number of ether oxygens (including phenoxy) is 1. The van der Waals surface area contributed by atoms with E-state index < -0.39 is 29.7 Å². The Labute approximate surface area is 196 Å². The number of carbonyl (C=O) groups excluding carboxylic acids is 1. The van der Waals surface area contributed by atoms with Gasteiger partial charge in [0.15, 0.2) is 0 Å². The van der Waals surface area contributed by atoms with E-state index in [1.54, 1.807) is 0 Å². The van der Waals surface area contributed by atoms with Crippen LogP contribution in [0.15, 0.2) is 18.2 Å². The monoisotopic (exact) mass is 477 g/mol. The number of alkyl halides is 3. The van der Waals surface area contributed by atoms with Gasteiger partial charge in [-0.3, -0.25) is 4.79 Å². The van der Waals surface area contributed by atoms with Gasteiger partial charge in [-0.1, -0.05) is 0 Å². The molecule has 5 bridgehead atoms. The highest BCUT2D eigenvalue weighted by molar-refractivity contribution is 5.97. The van der Waals surface area contributed by atoms with Gasteiger partial charge < -0.3 is 14.7 Å². The van der Waals surface area contributed by atoms with Gasteiger partial charge in [0.25, 0.3) is 5.91 Å². The smallest absolute Gasteiger partial charge is 0.419 e. The molecule has 1 amide bonds. The summed E-state index contributed by atoms with van der Waals surface area (Å²) < 4.78 is 48.0. The summed E-state index contributed by atoms with van der Waals surface area (Å²) in [5.74, 6) is 1.61. The van der Waals surface area contributed by atoms with Gasteiger partial charge in [0.1, 0.15) is 11.8 Å². The Morgan fingerprint density at radius 3 is 2.74 bits per heavy atom. The van der Waals surface area contributed by atoms with Crippen molar-refractivity contribution in [1.82, 2.24) is 4.90 Å². The van der Waals surface area contributed by atoms with Gasteiger partial charge in [0.2, 0.25) is 0 Å². The topological polar surface area (TPSA) is 66.8 Å². The zero-order valence-electron chi connectivity index (χ0n) is 19.0. The lowest BCUT2D eigenvalue weighted by Gasteiger charge is -2.57. The zero-order valence-corrected chi connectivity index (χ0v) is 19.0. The lowest BCUT2D eigenvalue weighted by atomic mass is 9.48. The van der Waals surface area contributed by atoms with E-state index >= 15 is 0 Å². The molecule has 6 fully saturated rings. The molecule has 1 saturated heterocycles. The number of benzene rings is 1. The average Bonchev–Trinajstić information content (AvgIpc) is 3.31. The summed E-state index contributed by atoms with van der Waals surface area (Å²) in [7, 11) is 0. The van der Waals surface area contributed by atoms with Crippen LogP contribution in [0.25, 0.3) is 0 Å². The fourth-order valence-corrected chi connectivity index (χ4v) is 8.34. The number of amides is 1. The van der Waals surface area contributed by atoms with Gasteiger partial charge in [-0.15, -0.1) is 0 Å². The van der Waals surface area contributed by atoms with E-state index in [0.717, 1.165) is 41.6 Å². The van der Waals surface area contributed by atoms with Crippen molar-refractivity contribution >= 4 is 11.9 Å². The van der Waals surface area contributed by atoms with Crippen LogP contribution in [0.5, 0.6) is 5.75 Å². The molecular formula is C26H30F3NO4. The van der Waals surface area contributed by atoms with Crippen molar-refractivity contribution in [2.75, 3.05) is 13.2 Å². The summed E-state index contributed by atoms with van der Waals surface area (Å²) in [5.41, 5.74) is -1.14. The molecule has 1 heterocycles. The molecule has 0 spiro atoms. The SMILES string of the molecule is O=C(O)[C@@H]1CCCN1C(=O)c1ccc(OCC23CCC4C5CC(CC2C4C5)C3)c(C(F)(F)F)c1. The molecule has 184 valence electrons. The Balaban J connectivity index is 1.24. The van der Waals surface area contributed by atoms with Gasteiger partial charge in [-0.05, 0) is 99.2 Å². The van der Waals surface area contributed by atoms with Gasteiger partial charge in [-0.2, -0.15) is 13.2 Å². The van der Waals surface area contributed by atoms with Crippen molar-refractivity contribution in [3.05, 3.63) is 29.3 Å². The van der Waals surface area contributed by atoms with Gasteiger partial charge in [0, 0.05) is 17.5 Å². The van der Waals surface area contributed by atoms with E-state index in [2.05, 4.69) is 0 Å². The molecule has 7 atom stereocenters. The number of carbonyl (C=O) groups is 2. The number of nitrogens with zero attached hydrogens (tertiary/aromatic N) is 1. The first-order chi connectivity index (χ1) is 16.2. The minimum absolute atomic E-state index is 0.0289. The summed E-state index contributed by atoms with van der Waals surface area (Å²) >= 11 is 0. The van der Waals surface area contributed by atoms with Crippen LogP contribution in [0.2, 0.25) is 0 Å². The van der Waals surface area contributed by atoms with E-state index in [-0.39, 0.29) is 23.3 Å². The Hall–Kier alpha value is -2.25. The average molecular weight is 478 g/mol. The third-order valence-corrected chi connectivity index (χ3v) is 9.77.